The fourth-order valence-corrected chi connectivity index (χ4v) is 4.13. The first-order valence-corrected chi connectivity index (χ1v) is 11.5. The van der Waals surface area contributed by atoms with Crippen molar-refractivity contribution in [1.82, 2.24) is 0 Å². The molecule has 1 aromatic carbocycles. The van der Waals surface area contributed by atoms with Crippen LogP contribution in [0.1, 0.15) is 0 Å². The Bertz CT molecular complexity index is 540. The predicted molar refractivity (Wildman–Crippen MR) is 76.2 cm³/mol. The maximum Gasteiger partial charge on any atom is 0.265 e. The third-order valence-corrected chi connectivity index (χ3v) is 4.53. The van der Waals surface area contributed by atoms with Gasteiger partial charge >= 0.3 is 0 Å². The van der Waals surface area contributed by atoms with Crippen LogP contribution in [0.3, 0.4) is 0 Å². The Hall–Kier alpha value is 0.247. The summed E-state index contributed by atoms with van der Waals surface area (Å²) < 4.78 is 29.1. The smallest absolute Gasteiger partial charge is 0.265 e. The van der Waals surface area contributed by atoms with E-state index >= 15 is 0 Å². The zero-order valence-electron chi connectivity index (χ0n) is 9.42. The lowest BCUT2D eigenvalue weighted by molar-refractivity contribution is 0.537. The van der Waals surface area contributed by atoms with E-state index in [2.05, 4.69) is 15.9 Å². The van der Waals surface area contributed by atoms with E-state index in [1.54, 1.807) is 6.07 Å². The molecule has 8 heteroatoms. The van der Waals surface area contributed by atoms with Crippen molar-refractivity contribution in [2.24, 2.45) is 0 Å². The molecule has 0 unspecified atom stereocenters. The highest BCUT2D eigenvalue weighted by atomic mass is 79.9. The minimum atomic E-state index is -3.90. The van der Waals surface area contributed by atoms with Crippen molar-refractivity contribution in [3.05, 3.63) is 21.6 Å². The van der Waals surface area contributed by atoms with Crippen LogP contribution in [0, 0.1) is 0 Å². The van der Waals surface area contributed by atoms with E-state index < -0.39 is 17.4 Å². The van der Waals surface area contributed by atoms with Gasteiger partial charge in [-0.2, -0.15) is 0 Å². The zero-order valence-corrected chi connectivity index (χ0v) is 14.3. The van der Waals surface area contributed by atoms with Crippen LogP contribution in [0.15, 0.2) is 21.5 Å². The molecule has 3 nitrogen and oxygen atoms in total. The third-order valence-electron chi connectivity index (χ3n) is 1.65. The van der Waals surface area contributed by atoms with Crippen LogP contribution in [0.5, 0.6) is 5.75 Å². The maximum absolute atomic E-state index is 11.5. The average Bonchev–Trinajstić information content (AvgIpc) is 2.05. The molecule has 0 aromatic heterocycles. The van der Waals surface area contributed by atoms with Gasteiger partial charge in [-0.15, -0.1) is 0 Å². The molecule has 0 saturated heterocycles. The minimum Gasteiger partial charge on any atom is -0.542 e. The quantitative estimate of drug-likeness (QED) is 0.584. The van der Waals surface area contributed by atoms with Crippen LogP contribution in [-0.2, 0) is 9.05 Å². The van der Waals surface area contributed by atoms with Gasteiger partial charge in [-0.3, -0.25) is 0 Å². The first kappa shape index (κ1) is 15.3. The fraction of sp³-hybridized carbons (Fsp3) is 0.333. The van der Waals surface area contributed by atoms with Gasteiger partial charge in [0, 0.05) is 15.2 Å². The number of halogens is 3. The van der Waals surface area contributed by atoms with E-state index in [0.717, 1.165) is 0 Å². The Labute approximate surface area is 120 Å². The van der Waals surface area contributed by atoms with Crippen molar-refractivity contribution in [3.63, 3.8) is 0 Å². The summed E-state index contributed by atoms with van der Waals surface area (Å²) in [5.74, 6) is 0.129. The Morgan fingerprint density at radius 3 is 2.24 bits per heavy atom. The Morgan fingerprint density at radius 1 is 1.29 bits per heavy atom. The fourth-order valence-electron chi connectivity index (χ4n) is 1.12. The number of hydrogen-bond acceptors (Lipinski definition) is 3. The normalized spacial score (nSPS) is 12.6. The molecule has 0 aliphatic carbocycles. The van der Waals surface area contributed by atoms with Gasteiger partial charge in [-0.25, -0.2) is 8.42 Å². The summed E-state index contributed by atoms with van der Waals surface area (Å²) in [5.41, 5.74) is 0. The molecular formula is C9H11BrCl2O3SSi. The zero-order chi connectivity index (χ0) is 13.4. The van der Waals surface area contributed by atoms with Gasteiger partial charge in [0.15, 0.2) is 0 Å². The standard InChI is InChI=1S/C9H11BrCl2O3SSi/c1-17(2,3)15-9-7(11)4-6(10)5-8(9)16(12,13)14/h4-5H,1-3H3. The molecular weight excluding hydrogens is 367 g/mol. The highest BCUT2D eigenvalue weighted by molar-refractivity contribution is 9.10. The number of benzene rings is 1. The molecule has 0 N–H and O–H groups in total. The summed E-state index contributed by atoms with van der Waals surface area (Å²) in [5, 5.41) is 0.223. The Morgan fingerprint density at radius 2 is 1.82 bits per heavy atom. The third kappa shape index (κ3) is 4.44. The van der Waals surface area contributed by atoms with E-state index in [-0.39, 0.29) is 15.7 Å². The summed E-state index contributed by atoms with van der Waals surface area (Å²) in [6.45, 7) is 5.78. The second kappa shape index (κ2) is 5.09. The Kier molecular flexibility index (Phi) is 4.58. The second-order valence-corrected chi connectivity index (χ2v) is 12.7. The van der Waals surface area contributed by atoms with E-state index in [9.17, 15) is 8.42 Å². The van der Waals surface area contributed by atoms with Crippen LogP contribution < -0.4 is 4.43 Å². The summed E-state index contributed by atoms with van der Waals surface area (Å²) in [4.78, 5) is -0.110. The van der Waals surface area contributed by atoms with Crippen LogP contribution in [0.25, 0.3) is 0 Å². The van der Waals surface area contributed by atoms with Crippen LogP contribution in [0.2, 0.25) is 24.7 Å². The molecule has 1 rings (SSSR count). The highest BCUT2D eigenvalue weighted by Gasteiger charge is 2.25. The molecule has 0 radical (unpaired) electrons. The van der Waals surface area contributed by atoms with Gasteiger partial charge < -0.3 is 4.43 Å². The minimum absolute atomic E-state index is 0.110. The second-order valence-electron chi connectivity index (χ2n) is 4.37. The van der Waals surface area contributed by atoms with Crippen molar-refractivity contribution in [2.75, 3.05) is 0 Å². The highest BCUT2D eigenvalue weighted by Crippen LogP contribution is 2.38. The molecule has 0 bridgehead atoms. The summed E-state index contributed by atoms with van der Waals surface area (Å²) in [7, 11) is -0.511. The maximum atomic E-state index is 11.5. The van der Waals surface area contributed by atoms with Crippen molar-refractivity contribution in [3.8, 4) is 5.75 Å². The van der Waals surface area contributed by atoms with E-state index in [0.29, 0.717) is 4.47 Å². The molecule has 96 valence electrons. The lowest BCUT2D eigenvalue weighted by Gasteiger charge is -2.22. The van der Waals surface area contributed by atoms with Gasteiger partial charge in [0.1, 0.15) is 10.6 Å². The van der Waals surface area contributed by atoms with Gasteiger partial charge in [0.2, 0.25) is 8.32 Å². The van der Waals surface area contributed by atoms with Crippen molar-refractivity contribution in [2.45, 2.75) is 24.5 Å². The summed E-state index contributed by atoms with van der Waals surface area (Å²) >= 11 is 9.16. The molecule has 0 fully saturated rings. The molecule has 0 aliphatic heterocycles. The summed E-state index contributed by atoms with van der Waals surface area (Å²) in [6, 6.07) is 2.95. The number of hydrogen-bond donors (Lipinski definition) is 0. The molecule has 0 saturated carbocycles. The van der Waals surface area contributed by atoms with Gasteiger partial charge in [-0.05, 0) is 31.8 Å². The molecule has 0 atom stereocenters. The Balaban J connectivity index is 3.47. The monoisotopic (exact) mass is 376 g/mol. The van der Waals surface area contributed by atoms with E-state index in [1.807, 2.05) is 19.6 Å². The van der Waals surface area contributed by atoms with Gasteiger partial charge in [-0.1, -0.05) is 27.5 Å². The van der Waals surface area contributed by atoms with Crippen molar-refractivity contribution < 1.29 is 12.8 Å². The molecule has 0 amide bonds. The topological polar surface area (TPSA) is 43.4 Å². The molecule has 0 heterocycles. The van der Waals surface area contributed by atoms with Crippen molar-refractivity contribution >= 4 is 55.6 Å². The van der Waals surface area contributed by atoms with Crippen molar-refractivity contribution in [1.29, 1.82) is 0 Å². The molecule has 0 spiro atoms. The molecule has 17 heavy (non-hydrogen) atoms. The summed E-state index contributed by atoms with van der Waals surface area (Å²) in [6.07, 6.45) is 0. The number of rotatable bonds is 3. The first-order valence-electron chi connectivity index (χ1n) is 4.63. The van der Waals surface area contributed by atoms with E-state index in [4.69, 9.17) is 26.7 Å². The molecule has 0 aliphatic rings. The van der Waals surface area contributed by atoms with Crippen LogP contribution >= 0.6 is 38.2 Å². The average molecular weight is 378 g/mol. The lowest BCUT2D eigenvalue weighted by Crippen LogP contribution is -2.30. The van der Waals surface area contributed by atoms with Gasteiger partial charge in [0.05, 0.1) is 5.02 Å². The largest absolute Gasteiger partial charge is 0.542 e. The first-order chi connectivity index (χ1) is 7.50. The van der Waals surface area contributed by atoms with E-state index in [1.165, 1.54) is 6.07 Å². The van der Waals surface area contributed by atoms with Crippen LogP contribution in [-0.4, -0.2) is 16.7 Å². The SMILES string of the molecule is C[Si](C)(C)Oc1c(Cl)cc(Br)cc1S(=O)(=O)Cl. The van der Waals surface area contributed by atoms with Crippen LogP contribution in [0.4, 0.5) is 0 Å². The lowest BCUT2D eigenvalue weighted by atomic mass is 10.3. The predicted octanol–water partition coefficient (Wildman–Crippen LogP) is 4.24. The van der Waals surface area contributed by atoms with Gasteiger partial charge in [0.25, 0.3) is 9.05 Å². The molecule has 1 aromatic rings.